The van der Waals surface area contributed by atoms with Gasteiger partial charge in [0.05, 0.1) is 0 Å². The molecule has 0 aliphatic carbocycles. The smallest absolute Gasteiger partial charge is 0.355 e. The lowest BCUT2D eigenvalue weighted by atomic mass is 10.2. The molecule has 1 amide bonds. The summed E-state index contributed by atoms with van der Waals surface area (Å²) in [6.45, 7) is 9.63. The summed E-state index contributed by atoms with van der Waals surface area (Å²) in [6, 6.07) is 0.224. The molecule has 0 fully saturated rings. The lowest BCUT2D eigenvalue weighted by Gasteiger charge is -2.28. The van der Waals surface area contributed by atoms with Crippen LogP contribution in [0.3, 0.4) is 0 Å². The van der Waals surface area contributed by atoms with Crippen LogP contribution in [0.5, 0.6) is 0 Å². The van der Waals surface area contributed by atoms with E-state index in [1.807, 2.05) is 34.6 Å². The minimum Gasteiger partial charge on any atom is -0.355 e. The van der Waals surface area contributed by atoms with Crippen molar-refractivity contribution < 1.29 is 9.53 Å². The van der Waals surface area contributed by atoms with Crippen LogP contribution in [0.15, 0.2) is 12.2 Å². The van der Waals surface area contributed by atoms with Crippen LogP contribution >= 0.6 is 0 Å². The van der Waals surface area contributed by atoms with Gasteiger partial charge in [0.2, 0.25) is 0 Å². The van der Waals surface area contributed by atoms with Gasteiger partial charge < -0.3 is 9.64 Å². The first kappa shape index (κ1) is 13.6. The number of allylic oxidation sites excluding steroid dienone is 2. The fourth-order valence-corrected chi connectivity index (χ4v) is 1.26. The van der Waals surface area contributed by atoms with Crippen LogP contribution in [0.1, 0.15) is 34.6 Å². The van der Waals surface area contributed by atoms with Gasteiger partial charge in [-0.15, -0.1) is 0 Å². The SMILES string of the molecule is C/C=C\C#COC(=O)N(C(C)C)C(C)C. The minimum absolute atomic E-state index is 0.112. The maximum absolute atomic E-state index is 11.6. The maximum Gasteiger partial charge on any atom is 0.424 e. The van der Waals surface area contributed by atoms with Crippen molar-refractivity contribution in [1.29, 1.82) is 0 Å². The van der Waals surface area contributed by atoms with E-state index in [1.54, 1.807) is 17.1 Å². The maximum atomic E-state index is 11.6. The summed E-state index contributed by atoms with van der Waals surface area (Å²) in [6.07, 6.45) is 5.37. The summed E-state index contributed by atoms with van der Waals surface area (Å²) in [5.41, 5.74) is 0. The second-order valence-electron chi connectivity index (χ2n) is 3.71. The predicted octanol–water partition coefficient (Wildman–Crippen LogP) is 2.78. The molecule has 0 bridgehead atoms. The molecule has 0 rings (SSSR count). The van der Waals surface area contributed by atoms with Crippen molar-refractivity contribution in [3.8, 4) is 12.0 Å². The van der Waals surface area contributed by atoms with Crippen molar-refractivity contribution in [2.45, 2.75) is 46.7 Å². The molecule has 0 unspecified atom stereocenters. The van der Waals surface area contributed by atoms with Crippen LogP contribution in [-0.2, 0) is 4.74 Å². The number of hydrogen-bond donors (Lipinski definition) is 0. The molecule has 0 aromatic heterocycles. The van der Waals surface area contributed by atoms with E-state index in [4.69, 9.17) is 4.74 Å². The molecule has 0 radical (unpaired) electrons. The van der Waals surface area contributed by atoms with Crippen LogP contribution in [0.25, 0.3) is 0 Å². The number of hydrogen-bond acceptors (Lipinski definition) is 2. The Morgan fingerprint density at radius 3 is 2.20 bits per heavy atom. The Balaban J connectivity index is 4.36. The van der Waals surface area contributed by atoms with E-state index in [9.17, 15) is 4.79 Å². The highest BCUT2D eigenvalue weighted by molar-refractivity contribution is 5.69. The summed E-state index contributed by atoms with van der Waals surface area (Å²) in [4.78, 5) is 13.2. The van der Waals surface area contributed by atoms with E-state index in [0.29, 0.717) is 0 Å². The number of rotatable bonds is 2. The van der Waals surface area contributed by atoms with Gasteiger partial charge in [0.15, 0.2) is 0 Å². The molecule has 3 nitrogen and oxygen atoms in total. The van der Waals surface area contributed by atoms with Gasteiger partial charge in [-0.3, -0.25) is 0 Å². The number of carbonyl (C=O) groups is 1. The van der Waals surface area contributed by atoms with E-state index >= 15 is 0 Å². The monoisotopic (exact) mass is 209 g/mol. The highest BCUT2D eigenvalue weighted by Crippen LogP contribution is 2.06. The molecule has 0 N–H and O–H groups in total. The average Bonchev–Trinajstić information content (AvgIpc) is 2.11. The summed E-state index contributed by atoms with van der Waals surface area (Å²) in [7, 11) is 0. The average molecular weight is 209 g/mol. The summed E-state index contributed by atoms with van der Waals surface area (Å²) in [5, 5.41) is 0. The summed E-state index contributed by atoms with van der Waals surface area (Å²) < 4.78 is 4.80. The number of carbonyl (C=O) groups excluding carboxylic acids is 1. The Morgan fingerprint density at radius 2 is 1.80 bits per heavy atom. The molecule has 0 aliphatic rings. The zero-order valence-corrected chi connectivity index (χ0v) is 10.1. The van der Waals surface area contributed by atoms with Crippen molar-refractivity contribution in [2.24, 2.45) is 0 Å². The first-order valence-corrected chi connectivity index (χ1v) is 5.11. The molecule has 0 atom stereocenters. The number of amides is 1. The van der Waals surface area contributed by atoms with E-state index in [2.05, 4.69) is 12.0 Å². The standard InChI is InChI=1S/C12H19NO2/c1-6-7-8-9-15-12(14)13(10(2)3)11(4)5/h6-7,10-11H,1-5H3/b7-6-. The van der Waals surface area contributed by atoms with Crippen molar-refractivity contribution in [3.63, 3.8) is 0 Å². The molecule has 3 heteroatoms. The van der Waals surface area contributed by atoms with Crippen molar-refractivity contribution >= 4 is 6.09 Å². The van der Waals surface area contributed by atoms with Crippen LogP contribution < -0.4 is 0 Å². The molecule has 0 saturated carbocycles. The van der Waals surface area contributed by atoms with Gasteiger partial charge in [0.1, 0.15) is 6.11 Å². The third-order valence-corrected chi connectivity index (χ3v) is 1.77. The lowest BCUT2D eigenvalue weighted by molar-refractivity contribution is 0.114. The van der Waals surface area contributed by atoms with Gasteiger partial charge in [-0.05, 0) is 46.6 Å². The van der Waals surface area contributed by atoms with E-state index in [0.717, 1.165) is 0 Å². The van der Waals surface area contributed by atoms with E-state index in [1.165, 1.54) is 0 Å². The highest BCUT2D eigenvalue weighted by atomic mass is 16.5. The van der Waals surface area contributed by atoms with E-state index < -0.39 is 6.09 Å². The second kappa shape index (κ2) is 6.94. The predicted molar refractivity (Wildman–Crippen MR) is 61.2 cm³/mol. The van der Waals surface area contributed by atoms with Crippen molar-refractivity contribution in [1.82, 2.24) is 4.90 Å². The summed E-state index contributed by atoms with van der Waals surface area (Å²) >= 11 is 0. The van der Waals surface area contributed by atoms with Crippen LogP contribution in [0.2, 0.25) is 0 Å². The Kier molecular flexibility index (Phi) is 6.28. The molecule has 0 heterocycles. The van der Waals surface area contributed by atoms with Gasteiger partial charge in [-0.2, -0.15) is 0 Å². The largest absolute Gasteiger partial charge is 0.424 e. The molecule has 15 heavy (non-hydrogen) atoms. The van der Waals surface area contributed by atoms with Gasteiger partial charge in [-0.25, -0.2) is 4.79 Å². The first-order valence-electron chi connectivity index (χ1n) is 5.11. The Hall–Kier alpha value is -1.43. The second-order valence-corrected chi connectivity index (χ2v) is 3.71. The molecule has 0 saturated heterocycles. The van der Waals surface area contributed by atoms with Gasteiger partial charge >= 0.3 is 6.09 Å². The fraction of sp³-hybridized carbons (Fsp3) is 0.583. The molecule has 0 aliphatic heterocycles. The summed E-state index contributed by atoms with van der Waals surface area (Å²) in [5.74, 6) is 2.60. The Labute approximate surface area is 92.1 Å². The molecular weight excluding hydrogens is 190 g/mol. The molecule has 0 spiro atoms. The first-order chi connectivity index (χ1) is 7.00. The van der Waals surface area contributed by atoms with Crippen LogP contribution in [0, 0.1) is 12.0 Å². The zero-order valence-electron chi connectivity index (χ0n) is 10.1. The van der Waals surface area contributed by atoms with Crippen molar-refractivity contribution in [3.05, 3.63) is 12.2 Å². The van der Waals surface area contributed by atoms with Crippen LogP contribution in [-0.4, -0.2) is 23.1 Å². The third-order valence-electron chi connectivity index (χ3n) is 1.77. The van der Waals surface area contributed by atoms with Crippen molar-refractivity contribution in [2.75, 3.05) is 0 Å². The fourth-order valence-electron chi connectivity index (χ4n) is 1.26. The third kappa shape index (κ3) is 5.11. The topological polar surface area (TPSA) is 29.5 Å². The van der Waals surface area contributed by atoms with Gasteiger partial charge in [0, 0.05) is 12.1 Å². The van der Waals surface area contributed by atoms with Gasteiger partial charge in [0.25, 0.3) is 0 Å². The minimum atomic E-state index is -0.392. The molecular formula is C12H19NO2. The Bertz CT molecular complexity index is 274. The quantitative estimate of drug-likeness (QED) is 0.654. The Morgan fingerprint density at radius 1 is 1.27 bits per heavy atom. The van der Waals surface area contributed by atoms with E-state index in [-0.39, 0.29) is 12.1 Å². The van der Waals surface area contributed by atoms with Gasteiger partial charge in [-0.1, -0.05) is 6.08 Å². The highest BCUT2D eigenvalue weighted by Gasteiger charge is 2.20. The molecule has 84 valence electrons. The lowest BCUT2D eigenvalue weighted by Crippen LogP contribution is -2.41. The zero-order chi connectivity index (χ0) is 11.8. The molecule has 0 aromatic rings. The normalized spacial score (nSPS) is 10.3. The number of ether oxygens (including phenoxy) is 1. The number of nitrogens with zero attached hydrogens (tertiary/aromatic N) is 1. The van der Waals surface area contributed by atoms with Crippen LogP contribution in [0.4, 0.5) is 4.79 Å². The molecule has 0 aromatic carbocycles.